The van der Waals surface area contributed by atoms with E-state index in [1.807, 2.05) is 0 Å². The molecule has 0 bridgehead atoms. The maximum atomic E-state index is 10.8. The quantitative estimate of drug-likeness (QED) is 0.678. The molecule has 2 heterocycles. The van der Waals surface area contributed by atoms with Crippen molar-refractivity contribution in [2.75, 3.05) is 5.73 Å². The molecule has 3 N–H and O–H groups in total. The predicted octanol–water partition coefficient (Wildman–Crippen LogP) is 0.318. The Bertz CT molecular complexity index is 517. The number of nitrogen functional groups attached to an aromatic ring is 1. The largest absolute Gasteiger partial charge is 0.477 e. The minimum absolute atomic E-state index is 0.0594. The molecule has 0 aliphatic carbocycles. The fraction of sp³-hybridized carbons (Fsp3) is 0.125. The first-order valence-electron chi connectivity index (χ1n) is 3.94. The van der Waals surface area contributed by atoms with E-state index in [2.05, 4.69) is 10.1 Å². The third kappa shape index (κ3) is 1.08. The first-order chi connectivity index (χ1) is 6.59. The molecular formula is C8H8N4O2. The standard InChI is InChI=1S/C8H8N4O2/c1-4-2-6(8(13)14)12-7(11-4)5(9)3-10-12/h2-3H,9H2,1H3,(H,13,14). The van der Waals surface area contributed by atoms with E-state index in [-0.39, 0.29) is 5.69 Å². The number of hydrogen-bond acceptors (Lipinski definition) is 4. The number of nitrogens with two attached hydrogens (primary N) is 1. The zero-order chi connectivity index (χ0) is 10.3. The van der Waals surface area contributed by atoms with Crippen molar-refractivity contribution in [2.24, 2.45) is 0 Å². The van der Waals surface area contributed by atoms with Crippen LogP contribution in [-0.4, -0.2) is 25.7 Å². The molecule has 0 saturated carbocycles. The van der Waals surface area contributed by atoms with E-state index < -0.39 is 5.97 Å². The summed E-state index contributed by atoms with van der Waals surface area (Å²) in [4.78, 5) is 14.9. The molecule has 0 fully saturated rings. The summed E-state index contributed by atoms with van der Waals surface area (Å²) in [5, 5.41) is 12.7. The van der Waals surface area contributed by atoms with Crippen LogP contribution in [0, 0.1) is 6.92 Å². The lowest BCUT2D eigenvalue weighted by atomic mass is 10.3. The number of aryl methyl sites for hydroxylation is 1. The van der Waals surface area contributed by atoms with Crippen molar-refractivity contribution >= 4 is 17.3 Å². The second kappa shape index (κ2) is 2.69. The van der Waals surface area contributed by atoms with E-state index in [0.717, 1.165) is 0 Å². The highest BCUT2D eigenvalue weighted by molar-refractivity contribution is 5.87. The minimum atomic E-state index is -1.05. The van der Waals surface area contributed by atoms with Gasteiger partial charge in [0, 0.05) is 5.69 Å². The molecule has 0 radical (unpaired) electrons. The number of aromatic carboxylic acids is 1. The van der Waals surface area contributed by atoms with Crippen LogP contribution in [0.1, 0.15) is 16.2 Å². The molecule has 0 atom stereocenters. The number of fused-ring (bicyclic) bond motifs is 1. The van der Waals surface area contributed by atoms with Crippen molar-refractivity contribution in [2.45, 2.75) is 6.92 Å². The van der Waals surface area contributed by atoms with Gasteiger partial charge >= 0.3 is 5.97 Å². The van der Waals surface area contributed by atoms with Gasteiger partial charge in [0.2, 0.25) is 0 Å². The summed E-state index contributed by atoms with van der Waals surface area (Å²) >= 11 is 0. The van der Waals surface area contributed by atoms with E-state index in [1.54, 1.807) is 6.92 Å². The number of carbonyl (C=O) groups is 1. The number of hydrogen-bond donors (Lipinski definition) is 2. The Morgan fingerprint density at radius 2 is 2.36 bits per heavy atom. The molecule has 0 unspecified atom stereocenters. The van der Waals surface area contributed by atoms with Gasteiger partial charge in [0.1, 0.15) is 0 Å². The van der Waals surface area contributed by atoms with Gasteiger partial charge in [-0.25, -0.2) is 14.3 Å². The van der Waals surface area contributed by atoms with Crippen LogP contribution in [0.2, 0.25) is 0 Å². The number of anilines is 1. The zero-order valence-electron chi connectivity index (χ0n) is 7.43. The van der Waals surface area contributed by atoms with Crippen LogP contribution in [0.4, 0.5) is 5.69 Å². The molecule has 2 rings (SSSR count). The highest BCUT2D eigenvalue weighted by Crippen LogP contribution is 2.13. The SMILES string of the molecule is Cc1cc(C(=O)O)n2ncc(N)c2n1. The second-order valence-corrected chi connectivity index (χ2v) is 2.92. The summed E-state index contributed by atoms with van der Waals surface area (Å²) in [5.74, 6) is -1.05. The smallest absolute Gasteiger partial charge is 0.354 e. The molecule has 14 heavy (non-hydrogen) atoms. The van der Waals surface area contributed by atoms with E-state index in [4.69, 9.17) is 10.8 Å². The lowest BCUT2D eigenvalue weighted by molar-refractivity contribution is 0.0687. The Morgan fingerprint density at radius 3 is 3.00 bits per heavy atom. The van der Waals surface area contributed by atoms with E-state index in [9.17, 15) is 4.79 Å². The Hall–Kier alpha value is -2.11. The molecule has 0 saturated heterocycles. The maximum absolute atomic E-state index is 10.8. The van der Waals surface area contributed by atoms with Crippen LogP contribution in [0.15, 0.2) is 12.3 Å². The van der Waals surface area contributed by atoms with E-state index in [0.29, 0.717) is 17.0 Å². The molecule has 72 valence electrons. The Kier molecular flexibility index (Phi) is 1.63. The highest BCUT2D eigenvalue weighted by atomic mass is 16.4. The van der Waals surface area contributed by atoms with Gasteiger partial charge in [-0.15, -0.1) is 0 Å². The van der Waals surface area contributed by atoms with Gasteiger partial charge in [0.15, 0.2) is 11.3 Å². The normalized spacial score (nSPS) is 10.6. The van der Waals surface area contributed by atoms with Gasteiger partial charge in [0.05, 0.1) is 11.9 Å². The lowest BCUT2D eigenvalue weighted by Crippen LogP contribution is -2.08. The number of carboxylic acids is 1. The van der Waals surface area contributed by atoms with E-state index >= 15 is 0 Å². The molecule has 0 amide bonds. The van der Waals surface area contributed by atoms with Crippen LogP contribution >= 0.6 is 0 Å². The minimum Gasteiger partial charge on any atom is -0.477 e. The van der Waals surface area contributed by atoms with Crippen molar-refractivity contribution in [3.63, 3.8) is 0 Å². The first kappa shape index (κ1) is 8.49. The fourth-order valence-electron chi connectivity index (χ4n) is 1.25. The number of aromatic nitrogens is 3. The summed E-state index contributed by atoms with van der Waals surface area (Å²) in [6.45, 7) is 1.71. The van der Waals surface area contributed by atoms with Crippen LogP contribution < -0.4 is 5.73 Å². The van der Waals surface area contributed by atoms with Crippen molar-refractivity contribution in [3.8, 4) is 0 Å². The van der Waals surface area contributed by atoms with Crippen LogP contribution in [-0.2, 0) is 0 Å². The van der Waals surface area contributed by atoms with Crippen LogP contribution in [0.5, 0.6) is 0 Å². The summed E-state index contributed by atoms with van der Waals surface area (Å²) in [5.41, 5.74) is 6.98. The Labute approximate surface area is 79.0 Å². The van der Waals surface area contributed by atoms with Gasteiger partial charge in [-0.2, -0.15) is 5.10 Å². The molecule has 6 heteroatoms. The highest BCUT2D eigenvalue weighted by Gasteiger charge is 2.12. The number of carboxylic acid groups (broad SMARTS) is 1. The third-order valence-corrected chi connectivity index (χ3v) is 1.85. The molecule has 0 spiro atoms. The van der Waals surface area contributed by atoms with Gasteiger partial charge in [-0.3, -0.25) is 0 Å². The van der Waals surface area contributed by atoms with Crippen LogP contribution in [0.3, 0.4) is 0 Å². The Morgan fingerprint density at radius 1 is 1.64 bits per heavy atom. The van der Waals surface area contributed by atoms with Crippen molar-refractivity contribution in [3.05, 3.63) is 23.7 Å². The summed E-state index contributed by atoms with van der Waals surface area (Å²) in [7, 11) is 0. The first-order valence-corrected chi connectivity index (χ1v) is 3.94. The maximum Gasteiger partial charge on any atom is 0.354 e. The average Bonchev–Trinajstić information content (AvgIpc) is 2.47. The number of nitrogens with zero attached hydrogens (tertiary/aromatic N) is 3. The van der Waals surface area contributed by atoms with Crippen LogP contribution in [0.25, 0.3) is 5.65 Å². The monoisotopic (exact) mass is 192 g/mol. The summed E-state index contributed by atoms with van der Waals surface area (Å²) in [6.07, 6.45) is 1.38. The summed E-state index contributed by atoms with van der Waals surface area (Å²) in [6, 6.07) is 1.45. The fourth-order valence-corrected chi connectivity index (χ4v) is 1.25. The predicted molar refractivity (Wildman–Crippen MR) is 49.1 cm³/mol. The van der Waals surface area contributed by atoms with Crippen molar-refractivity contribution in [1.82, 2.24) is 14.6 Å². The third-order valence-electron chi connectivity index (χ3n) is 1.85. The number of rotatable bonds is 1. The Balaban J connectivity index is 2.88. The average molecular weight is 192 g/mol. The lowest BCUT2D eigenvalue weighted by Gasteiger charge is -2.00. The molecule has 2 aromatic rings. The zero-order valence-corrected chi connectivity index (χ0v) is 7.43. The van der Waals surface area contributed by atoms with Gasteiger partial charge in [-0.05, 0) is 13.0 Å². The molecule has 0 aliphatic heterocycles. The molecule has 0 aliphatic rings. The van der Waals surface area contributed by atoms with Crippen molar-refractivity contribution in [1.29, 1.82) is 0 Å². The van der Waals surface area contributed by atoms with Crippen molar-refractivity contribution < 1.29 is 9.90 Å². The summed E-state index contributed by atoms with van der Waals surface area (Å²) < 4.78 is 1.21. The molecule has 0 aromatic carbocycles. The molecule has 6 nitrogen and oxygen atoms in total. The van der Waals surface area contributed by atoms with Gasteiger partial charge in [-0.1, -0.05) is 0 Å². The molecular weight excluding hydrogens is 184 g/mol. The second-order valence-electron chi connectivity index (χ2n) is 2.92. The topological polar surface area (TPSA) is 93.5 Å². The van der Waals surface area contributed by atoms with Gasteiger partial charge < -0.3 is 10.8 Å². The molecule has 2 aromatic heterocycles. The van der Waals surface area contributed by atoms with E-state index in [1.165, 1.54) is 16.8 Å². The van der Waals surface area contributed by atoms with Gasteiger partial charge in [0.25, 0.3) is 0 Å².